The van der Waals surface area contributed by atoms with Crippen molar-refractivity contribution in [1.82, 2.24) is 0 Å². The zero-order valence-corrected chi connectivity index (χ0v) is 6.60. The van der Waals surface area contributed by atoms with Gasteiger partial charge in [0, 0.05) is 0 Å². The van der Waals surface area contributed by atoms with Crippen LogP contribution in [0.5, 0.6) is 0 Å². The zero-order chi connectivity index (χ0) is 9.14. The predicted molar refractivity (Wildman–Crippen MR) is 41.3 cm³/mol. The Hall–Kier alpha value is -1.40. The lowest BCUT2D eigenvalue weighted by molar-refractivity contribution is 0.108. The largest absolute Gasteiger partial charge is 0.276 e. The maximum absolute atomic E-state index is 12.5. The van der Waals surface area contributed by atoms with Crippen LogP contribution in [0.2, 0.25) is 0 Å². The van der Waals surface area contributed by atoms with E-state index in [1.807, 2.05) is 0 Å². The van der Waals surface area contributed by atoms with E-state index in [1.165, 1.54) is 6.07 Å². The van der Waals surface area contributed by atoms with Gasteiger partial charge in [-0.1, -0.05) is 0 Å². The van der Waals surface area contributed by atoms with Crippen LogP contribution in [-0.2, 0) is 0 Å². The Morgan fingerprint density at radius 3 is 2.75 bits per heavy atom. The quantitative estimate of drug-likeness (QED) is 0.626. The van der Waals surface area contributed by atoms with Gasteiger partial charge in [-0.2, -0.15) is 5.26 Å². The van der Waals surface area contributed by atoms with Gasteiger partial charge in [0.15, 0.2) is 0 Å². The molecule has 0 aliphatic heterocycles. The number of benzene rings is 1. The number of carbonyl (C=O) groups excluding carboxylic acids is 1. The molecule has 0 aliphatic carbocycles. The molecule has 0 aromatic heterocycles. The number of carbonyl (C=O) groups is 1. The fraction of sp³-hybridized carbons (Fsp3) is 0. The highest BCUT2D eigenvalue weighted by molar-refractivity contribution is 6.68. The molecular formula is C8H3ClFNO. The molecule has 0 N–H and O–H groups in total. The van der Waals surface area contributed by atoms with E-state index in [0.29, 0.717) is 0 Å². The summed E-state index contributed by atoms with van der Waals surface area (Å²) >= 11 is 5.13. The minimum atomic E-state index is -0.758. The van der Waals surface area contributed by atoms with Crippen molar-refractivity contribution < 1.29 is 9.18 Å². The van der Waals surface area contributed by atoms with E-state index in [-0.39, 0.29) is 11.1 Å². The molecule has 0 spiro atoms. The molecule has 1 rings (SSSR count). The normalized spacial score (nSPS) is 9.08. The number of nitrogens with zero attached hydrogens (tertiary/aromatic N) is 1. The van der Waals surface area contributed by atoms with Crippen molar-refractivity contribution in [2.75, 3.05) is 0 Å². The van der Waals surface area contributed by atoms with Crippen LogP contribution >= 0.6 is 11.6 Å². The summed E-state index contributed by atoms with van der Waals surface area (Å²) in [6, 6.07) is 4.90. The fourth-order valence-electron chi connectivity index (χ4n) is 0.780. The molecule has 0 aliphatic rings. The van der Waals surface area contributed by atoms with Crippen molar-refractivity contribution in [3.63, 3.8) is 0 Å². The van der Waals surface area contributed by atoms with E-state index < -0.39 is 11.1 Å². The Balaban J connectivity index is 3.32. The SMILES string of the molecule is N#Cc1cc(F)ccc1C(=O)Cl. The van der Waals surface area contributed by atoms with E-state index in [4.69, 9.17) is 16.9 Å². The second-order valence-electron chi connectivity index (χ2n) is 2.08. The molecule has 0 unspecified atom stereocenters. The lowest BCUT2D eigenvalue weighted by atomic mass is 10.1. The third kappa shape index (κ3) is 1.60. The Bertz CT molecular complexity index is 370. The monoisotopic (exact) mass is 183 g/mol. The molecule has 1 aromatic rings. The topological polar surface area (TPSA) is 40.9 Å². The molecule has 0 amide bonds. The zero-order valence-electron chi connectivity index (χ0n) is 5.84. The van der Waals surface area contributed by atoms with Crippen molar-refractivity contribution in [2.24, 2.45) is 0 Å². The predicted octanol–water partition coefficient (Wildman–Crippen LogP) is 2.08. The van der Waals surface area contributed by atoms with Crippen LogP contribution in [0.4, 0.5) is 4.39 Å². The third-order valence-electron chi connectivity index (χ3n) is 1.31. The van der Waals surface area contributed by atoms with Crippen LogP contribution in [0.1, 0.15) is 15.9 Å². The summed E-state index contributed by atoms with van der Waals surface area (Å²) in [5.41, 5.74) is -0.0180. The first-order valence-corrected chi connectivity index (χ1v) is 3.42. The van der Waals surface area contributed by atoms with Crippen molar-refractivity contribution in [2.45, 2.75) is 0 Å². The lowest BCUT2D eigenvalue weighted by Gasteiger charge is -1.95. The Kier molecular flexibility index (Phi) is 2.41. The van der Waals surface area contributed by atoms with Gasteiger partial charge in [-0.3, -0.25) is 4.79 Å². The van der Waals surface area contributed by atoms with E-state index in [9.17, 15) is 9.18 Å². The standard InChI is InChI=1S/C8H3ClFNO/c9-8(12)7-2-1-6(10)3-5(7)4-11/h1-3H. The molecule has 0 radical (unpaired) electrons. The van der Waals surface area contributed by atoms with Gasteiger partial charge < -0.3 is 0 Å². The van der Waals surface area contributed by atoms with Gasteiger partial charge in [0.2, 0.25) is 0 Å². The van der Waals surface area contributed by atoms with Gasteiger partial charge in [0.1, 0.15) is 11.9 Å². The van der Waals surface area contributed by atoms with E-state index >= 15 is 0 Å². The van der Waals surface area contributed by atoms with Crippen molar-refractivity contribution >= 4 is 16.8 Å². The van der Waals surface area contributed by atoms with Crippen molar-refractivity contribution in [3.05, 3.63) is 35.1 Å². The summed E-state index contributed by atoms with van der Waals surface area (Å²) in [5.74, 6) is -0.562. The van der Waals surface area contributed by atoms with E-state index in [0.717, 1.165) is 12.1 Å². The number of nitriles is 1. The average Bonchev–Trinajstić information content (AvgIpc) is 2.03. The first-order chi connectivity index (χ1) is 5.65. The van der Waals surface area contributed by atoms with Gasteiger partial charge in [-0.15, -0.1) is 0 Å². The highest BCUT2D eigenvalue weighted by atomic mass is 35.5. The molecule has 0 atom stereocenters. The second kappa shape index (κ2) is 3.33. The molecule has 0 bridgehead atoms. The van der Waals surface area contributed by atoms with Crippen LogP contribution in [0, 0.1) is 17.1 Å². The minimum Gasteiger partial charge on any atom is -0.276 e. The van der Waals surface area contributed by atoms with E-state index in [1.54, 1.807) is 6.07 Å². The molecule has 0 fully saturated rings. The summed E-state index contributed by atoms with van der Waals surface area (Å²) in [5, 5.41) is 7.71. The molecule has 0 heterocycles. The summed E-state index contributed by atoms with van der Waals surface area (Å²) in [6.07, 6.45) is 0. The summed E-state index contributed by atoms with van der Waals surface area (Å²) < 4.78 is 12.5. The molecular weight excluding hydrogens is 181 g/mol. The third-order valence-corrected chi connectivity index (χ3v) is 1.52. The molecule has 60 valence electrons. The lowest BCUT2D eigenvalue weighted by Crippen LogP contribution is -1.94. The molecule has 1 aromatic carbocycles. The van der Waals surface area contributed by atoms with Gasteiger partial charge in [-0.05, 0) is 29.8 Å². The van der Waals surface area contributed by atoms with Gasteiger partial charge >= 0.3 is 0 Å². The molecule has 0 saturated carbocycles. The molecule has 2 nitrogen and oxygen atoms in total. The van der Waals surface area contributed by atoms with Crippen LogP contribution in [0.25, 0.3) is 0 Å². The first kappa shape index (κ1) is 8.69. The summed E-state index contributed by atoms with van der Waals surface area (Å²) in [6.45, 7) is 0. The smallest absolute Gasteiger partial charge is 0.253 e. The van der Waals surface area contributed by atoms with Crippen molar-refractivity contribution in [3.8, 4) is 6.07 Å². The van der Waals surface area contributed by atoms with E-state index in [2.05, 4.69) is 0 Å². The number of hydrogen-bond acceptors (Lipinski definition) is 2. The molecule has 4 heteroatoms. The highest BCUT2D eigenvalue weighted by Gasteiger charge is 2.08. The Labute approximate surface area is 73.2 Å². The average molecular weight is 184 g/mol. The van der Waals surface area contributed by atoms with Crippen molar-refractivity contribution in [1.29, 1.82) is 5.26 Å². The van der Waals surface area contributed by atoms with Gasteiger partial charge in [0.25, 0.3) is 5.24 Å². The number of hydrogen-bond donors (Lipinski definition) is 0. The maximum Gasteiger partial charge on any atom is 0.253 e. The summed E-state index contributed by atoms with van der Waals surface area (Å²) in [4.78, 5) is 10.6. The Morgan fingerprint density at radius 2 is 2.25 bits per heavy atom. The van der Waals surface area contributed by atoms with Gasteiger partial charge in [0.05, 0.1) is 11.1 Å². The minimum absolute atomic E-state index is 0.0283. The molecule has 0 saturated heterocycles. The van der Waals surface area contributed by atoms with Crippen LogP contribution in [0.3, 0.4) is 0 Å². The highest BCUT2D eigenvalue weighted by Crippen LogP contribution is 2.12. The number of rotatable bonds is 1. The Morgan fingerprint density at radius 1 is 1.58 bits per heavy atom. The van der Waals surface area contributed by atoms with Crippen LogP contribution in [-0.4, -0.2) is 5.24 Å². The molecule has 12 heavy (non-hydrogen) atoms. The summed E-state index contributed by atoms with van der Waals surface area (Å²) in [7, 11) is 0. The van der Waals surface area contributed by atoms with Crippen LogP contribution < -0.4 is 0 Å². The first-order valence-electron chi connectivity index (χ1n) is 3.04. The van der Waals surface area contributed by atoms with Gasteiger partial charge in [-0.25, -0.2) is 4.39 Å². The maximum atomic E-state index is 12.5. The van der Waals surface area contributed by atoms with Crippen LogP contribution in [0.15, 0.2) is 18.2 Å². The number of halogens is 2. The second-order valence-corrected chi connectivity index (χ2v) is 2.42. The fourth-order valence-corrected chi connectivity index (χ4v) is 0.945.